The minimum atomic E-state index is -4.94. The molecule has 0 bridgehead atoms. The van der Waals surface area contributed by atoms with E-state index in [4.69, 9.17) is 20.0 Å². The summed E-state index contributed by atoms with van der Waals surface area (Å²) in [4.78, 5) is 39.7. The van der Waals surface area contributed by atoms with E-state index in [1.165, 1.54) is 13.8 Å². The zero-order valence-corrected chi connectivity index (χ0v) is 10.1. The van der Waals surface area contributed by atoms with Gasteiger partial charge < -0.3 is 20.0 Å². The van der Waals surface area contributed by atoms with Gasteiger partial charge in [-0.3, -0.25) is 14.2 Å². The van der Waals surface area contributed by atoms with Crippen LogP contribution in [-0.2, 0) is 14.2 Å². The average molecular weight is 254 g/mol. The lowest BCUT2D eigenvalue weighted by molar-refractivity contribution is -0.149. The van der Waals surface area contributed by atoms with E-state index in [1.807, 2.05) is 0 Å². The number of carboxylic acid groups (broad SMARTS) is 2. The third-order valence-electron chi connectivity index (χ3n) is 2.47. The predicted molar refractivity (Wildman–Crippen MR) is 54.1 cm³/mol. The van der Waals surface area contributed by atoms with Crippen molar-refractivity contribution in [1.82, 2.24) is 0 Å². The second kappa shape index (κ2) is 4.16. The Kier molecular flexibility index (Phi) is 3.92. The summed E-state index contributed by atoms with van der Waals surface area (Å²) < 4.78 is 11.1. The predicted octanol–water partition coefficient (Wildman–Crippen LogP) is 0.508. The standard InChI is InChI=1S/C8H15O7P/c1-7(2,5(9)10)4-8(3,6(11)12)16(13,14)15/h4H2,1-3H3,(H,9,10)(H,11,12)(H2,13,14,15). The van der Waals surface area contributed by atoms with Gasteiger partial charge in [-0.05, 0) is 27.2 Å². The highest BCUT2D eigenvalue weighted by Crippen LogP contribution is 2.55. The van der Waals surface area contributed by atoms with Crippen LogP contribution in [0.2, 0.25) is 0 Å². The molecular weight excluding hydrogens is 239 g/mol. The molecule has 0 radical (unpaired) electrons. The normalized spacial score (nSPS) is 16.6. The van der Waals surface area contributed by atoms with Crippen LogP contribution in [0.1, 0.15) is 27.2 Å². The van der Waals surface area contributed by atoms with E-state index in [0.717, 1.165) is 6.92 Å². The van der Waals surface area contributed by atoms with Gasteiger partial charge >= 0.3 is 19.5 Å². The fourth-order valence-electron chi connectivity index (χ4n) is 1.24. The maximum Gasteiger partial charge on any atom is 0.342 e. The van der Waals surface area contributed by atoms with Crippen molar-refractivity contribution in [2.45, 2.75) is 32.3 Å². The van der Waals surface area contributed by atoms with E-state index in [2.05, 4.69) is 0 Å². The van der Waals surface area contributed by atoms with Crippen molar-refractivity contribution >= 4 is 19.5 Å². The Bertz CT molecular complexity index is 355. The van der Waals surface area contributed by atoms with Crippen LogP contribution >= 0.6 is 7.60 Å². The van der Waals surface area contributed by atoms with Gasteiger partial charge in [0.25, 0.3) is 0 Å². The maximum absolute atomic E-state index is 11.1. The molecule has 0 spiro atoms. The van der Waals surface area contributed by atoms with Gasteiger partial charge in [-0.15, -0.1) is 0 Å². The van der Waals surface area contributed by atoms with Crippen LogP contribution in [0.15, 0.2) is 0 Å². The molecule has 4 N–H and O–H groups in total. The number of hydrogen-bond acceptors (Lipinski definition) is 3. The van der Waals surface area contributed by atoms with Gasteiger partial charge in [-0.25, -0.2) is 0 Å². The zero-order valence-electron chi connectivity index (χ0n) is 9.17. The van der Waals surface area contributed by atoms with Crippen molar-refractivity contribution in [3.8, 4) is 0 Å². The number of aliphatic carboxylic acids is 2. The average Bonchev–Trinajstić information content (AvgIpc) is 2.00. The molecule has 0 saturated carbocycles. The van der Waals surface area contributed by atoms with Crippen molar-refractivity contribution < 1.29 is 34.2 Å². The molecule has 7 nitrogen and oxygen atoms in total. The minimum Gasteiger partial charge on any atom is -0.481 e. The van der Waals surface area contributed by atoms with E-state index in [0.29, 0.717) is 0 Å². The number of rotatable bonds is 5. The molecule has 0 heterocycles. The molecule has 0 fully saturated rings. The number of hydrogen-bond donors (Lipinski definition) is 4. The van der Waals surface area contributed by atoms with Gasteiger partial charge in [-0.1, -0.05) is 0 Å². The Labute approximate surface area is 92.3 Å². The lowest BCUT2D eigenvalue weighted by atomic mass is 9.83. The Morgan fingerprint density at radius 2 is 1.44 bits per heavy atom. The summed E-state index contributed by atoms with van der Waals surface area (Å²) in [6, 6.07) is 0. The SMILES string of the molecule is CC(C)(CC(C)(C(=O)O)P(=O)(O)O)C(=O)O. The van der Waals surface area contributed by atoms with Gasteiger partial charge in [0.15, 0.2) is 5.16 Å². The highest BCUT2D eigenvalue weighted by atomic mass is 31.2. The smallest absolute Gasteiger partial charge is 0.342 e. The van der Waals surface area contributed by atoms with Crippen LogP contribution in [0.4, 0.5) is 0 Å². The van der Waals surface area contributed by atoms with E-state index in [1.54, 1.807) is 0 Å². The lowest BCUT2D eigenvalue weighted by Gasteiger charge is -2.31. The van der Waals surface area contributed by atoms with E-state index >= 15 is 0 Å². The molecule has 16 heavy (non-hydrogen) atoms. The first-order chi connectivity index (χ1) is 6.84. The zero-order chi connectivity index (χ0) is 13.4. The van der Waals surface area contributed by atoms with Gasteiger partial charge in [-0.2, -0.15) is 0 Å². The summed E-state index contributed by atoms with van der Waals surface area (Å²) in [5.74, 6) is -3.02. The third-order valence-corrected chi connectivity index (χ3v) is 4.10. The van der Waals surface area contributed by atoms with Crippen molar-refractivity contribution in [2.75, 3.05) is 0 Å². The van der Waals surface area contributed by atoms with Crippen LogP contribution in [0.5, 0.6) is 0 Å². The largest absolute Gasteiger partial charge is 0.481 e. The summed E-state index contributed by atoms with van der Waals surface area (Å²) in [6.45, 7) is 3.28. The Hall–Kier alpha value is -0.910. The van der Waals surface area contributed by atoms with E-state index in [-0.39, 0.29) is 0 Å². The van der Waals surface area contributed by atoms with Gasteiger partial charge in [0, 0.05) is 0 Å². The minimum absolute atomic E-state index is 0.658. The van der Waals surface area contributed by atoms with Gasteiger partial charge in [0.1, 0.15) is 0 Å². The maximum atomic E-state index is 11.1. The number of carbonyl (C=O) groups is 2. The molecule has 0 aliphatic carbocycles. The molecule has 0 amide bonds. The highest BCUT2D eigenvalue weighted by Gasteiger charge is 2.53. The fraction of sp³-hybridized carbons (Fsp3) is 0.750. The molecule has 0 aliphatic rings. The van der Waals surface area contributed by atoms with Crippen molar-refractivity contribution in [3.63, 3.8) is 0 Å². The molecular formula is C8H15O7P. The Morgan fingerprint density at radius 1 is 1.06 bits per heavy atom. The summed E-state index contributed by atoms with van der Waals surface area (Å²) in [5, 5.41) is 15.2. The lowest BCUT2D eigenvalue weighted by Crippen LogP contribution is -2.42. The monoisotopic (exact) mass is 254 g/mol. The van der Waals surface area contributed by atoms with Gasteiger partial charge in [0.05, 0.1) is 5.41 Å². The van der Waals surface area contributed by atoms with Crippen LogP contribution in [0.25, 0.3) is 0 Å². The van der Waals surface area contributed by atoms with Crippen molar-refractivity contribution in [2.24, 2.45) is 5.41 Å². The van der Waals surface area contributed by atoms with Crippen LogP contribution in [0.3, 0.4) is 0 Å². The van der Waals surface area contributed by atoms with Gasteiger partial charge in [0.2, 0.25) is 0 Å². The molecule has 0 rings (SSSR count). The second-order valence-electron chi connectivity index (χ2n) is 4.49. The molecule has 1 atom stereocenters. The van der Waals surface area contributed by atoms with Crippen molar-refractivity contribution in [3.05, 3.63) is 0 Å². The summed E-state index contributed by atoms with van der Waals surface area (Å²) in [7, 11) is -4.94. The molecule has 1 unspecified atom stereocenters. The molecule has 0 aliphatic heterocycles. The Balaban J connectivity index is 5.38. The van der Waals surface area contributed by atoms with E-state index < -0.39 is 36.5 Å². The number of carboxylic acids is 2. The van der Waals surface area contributed by atoms with Crippen molar-refractivity contribution in [1.29, 1.82) is 0 Å². The summed E-state index contributed by atoms with van der Waals surface area (Å²) in [5.41, 5.74) is -1.53. The highest BCUT2D eigenvalue weighted by molar-refractivity contribution is 7.54. The topological polar surface area (TPSA) is 132 Å². The van der Waals surface area contributed by atoms with Crippen LogP contribution < -0.4 is 0 Å². The molecule has 8 heteroatoms. The molecule has 0 aromatic rings. The van der Waals surface area contributed by atoms with Crippen LogP contribution in [-0.4, -0.2) is 37.1 Å². The van der Waals surface area contributed by atoms with Crippen LogP contribution in [0, 0.1) is 5.41 Å². The molecule has 94 valence electrons. The first-order valence-corrected chi connectivity index (χ1v) is 5.98. The second-order valence-corrected chi connectivity index (χ2v) is 6.56. The summed E-state index contributed by atoms with van der Waals surface area (Å²) >= 11 is 0. The summed E-state index contributed by atoms with van der Waals surface area (Å²) in [6.07, 6.45) is -0.658. The third kappa shape index (κ3) is 2.81. The fourth-order valence-corrected chi connectivity index (χ4v) is 2.09. The first-order valence-electron chi connectivity index (χ1n) is 4.37. The molecule has 0 aromatic carbocycles. The Morgan fingerprint density at radius 3 is 1.62 bits per heavy atom. The quantitative estimate of drug-likeness (QED) is 0.525. The molecule has 0 saturated heterocycles. The molecule has 0 aromatic heterocycles. The van der Waals surface area contributed by atoms with E-state index in [9.17, 15) is 14.2 Å². The first kappa shape index (κ1) is 15.1.